The zero-order valence-corrected chi connectivity index (χ0v) is 26.3. The maximum Gasteiger partial charge on any atom is 0.243 e. The summed E-state index contributed by atoms with van der Waals surface area (Å²) in [4.78, 5) is 13.8. The predicted molar refractivity (Wildman–Crippen MR) is 170 cm³/mol. The van der Waals surface area contributed by atoms with Gasteiger partial charge >= 0.3 is 0 Å². The Morgan fingerprint density at radius 3 is 2.44 bits per heavy atom. The Labute approximate surface area is 264 Å². The molecule has 5 rings (SSSR count). The van der Waals surface area contributed by atoms with E-state index in [1.165, 1.54) is 24.3 Å². The molecule has 3 aromatic rings. The van der Waals surface area contributed by atoms with E-state index in [1.54, 1.807) is 52.8 Å². The number of ether oxygens (including phenoxy) is 1. The molecule has 242 valence electrons. The fraction of sp³-hybridized carbons (Fsp3) is 0.441. The van der Waals surface area contributed by atoms with Crippen LogP contribution in [0.5, 0.6) is 0 Å². The number of carbonyl (C=O) groups is 1. The lowest BCUT2D eigenvalue weighted by molar-refractivity contribution is -0.118. The van der Waals surface area contributed by atoms with Gasteiger partial charge in [-0.2, -0.15) is 4.31 Å². The summed E-state index contributed by atoms with van der Waals surface area (Å²) < 4.78 is 63.2. The maximum atomic E-state index is 15.2. The number of anilines is 1. The smallest absolute Gasteiger partial charge is 0.243 e. The van der Waals surface area contributed by atoms with E-state index in [9.17, 15) is 17.6 Å². The Hall–Kier alpha value is -3.22. The average molecular weight is 641 g/mol. The van der Waals surface area contributed by atoms with Crippen molar-refractivity contribution in [3.05, 3.63) is 95.6 Å². The summed E-state index contributed by atoms with van der Waals surface area (Å²) in [5.74, 6) is -1.58. The van der Waals surface area contributed by atoms with E-state index in [2.05, 4.69) is 10.6 Å². The number of rotatable bonds is 11. The highest BCUT2D eigenvalue weighted by Gasteiger charge is 2.38. The van der Waals surface area contributed by atoms with Gasteiger partial charge in [0.1, 0.15) is 11.6 Å². The van der Waals surface area contributed by atoms with Crippen molar-refractivity contribution in [1.82, 2.24) is 9.62 Å². The minimum absolute atomic E-state index is 0.0681. The molecule has 2 saturated heterocycles. The zero-order valence-electron chi connectivity index (χ0n) is 25.5. The lowest BCUT2D eigenvalue weighted by atomic mass is 9.76. The Bertz CT molecular complexity index is 1540. The first-order valence-electron chi connectivity index (χ1n) is 15.6. The minimum Gasteiger partial charge on any atom is -0.381 e. The van der Waals surface area contributed by atoms with Crippen LogP contribution in [0.3, 0.4) is 0 Å². The molecule has 0 spiro atoms. The van der Waals surface area contributed by atoms with Crippen LogP contribution < -0.4 is 16.4 Å². The number of nitrogens with zero attached hydrogens (tertiary/aromatic N) is 1. The first-order chi connectivity index (χ1) is 21.7. The molecule has 45 heavy (non-hydrogen) atoms. The Morgan fingerprint density at radius 2 is 1.73 bits per heavy atom. The van der Waals surface area contributed by atoms with E-state index in [-0.39, 0.29) is 34.6 Å². The van der Waals surface area contributed by atoms with E-state index in [4.69, 9.17) is 10.5 Å². The van der Waals surface area contributed by atoms with Crippen molar-refractivity contribution in [1.29, 1.82) is 0 Å². The van der Waals surface area contributed by atoms with Crippen LogP contribution in [-0.4, -0.2) is 63.1 Å². The first kappa shape index (κ1) is 33.2. The molecule has 0 aromatic heterocycles. The summed E-state index contributed by atoms with van der Waals surface area (Å²) in [5, 5.41) is 6.20. The van der Waals surface area contributed by atoms with Crippen molar-refractivity contribution >= 4 is 21.6 Å². The highest BCUT2D eigenvalue weighted by molar-refractivity contribution is 7.89. The number of nitrogens with two attached hydrogens (primary N) is 1. The number of benzene rings is 3. The highest BCUT2D eigenvalue weighted by Crippen LogP contribution is 2.35. The minimum atomic E-state index is -3.72. The number of nitrogens with one attached hydrogen (secondary N) is 2. The van der Waals surface area contributed by atoms with Crippen LogP contribution in [0.25, 0.3) is 0 Å². The van der Waals surface area contributed by atoms with Gasteiger partial charge in [-0.25, -0.2) is 17.2 Å². The Morgan fingerprint density at radius 1 is 1.02 bits per heavy atom. The second kappa shape index (κ2) is 14.9. The number of amides is 1. The second-order valence-electron chi connectivity index (χ2n) is 12.0. The van der Waals surface area contributed by atoms with Crippen LogP contribution in [0.4, 0.5) is 14.5 Å². The van der Waals surface area contributed by atoms with E-state index in [1.807, 2.05) is 6.92 Å². The van der Waals surface area contributed by atoms with Crippen LogP contribution in [0.2, 0.25) is 0 Å². The van der Waals surface area contributed by atoms with Gasteiger partial charge in [0.25, 0.3) is 0 Å². The SMILES string of the molecule is C[C@H]1CNC[C@H](CCCc2c(F)cccc2NC(=O)[C@@H](N)[C@@H](c2ccc(F)cc2)C2CCOCC2)N1S(=O)(=O)c1ccccc1. The number of carbonyl (C=O) groups excluding carboxylic acids is 1. The molecule has 3 aromatic carbocycles. The van der Waals surface area contributed by atoms with Crippen LogP contribution in [0, 0.1) is 17.6 Å². The topological polar surface area (TPSA) is 114 Å². The van der Waals surface area contributed by atoms with Crippen LogP contribution in [0.15, 0.2) is 77.7 Å². The van der Waals surface area contributed by atoms with Gasteiger partial charge < -0.3 is 21.1 Å². The average Bonchev–Trinajstić information content (AvgIpc) is 3.04. The normalized spacial score (nSPS) is 21.2. The van der Waals surface area contributed by atoms with Crippen LogP contribution in [0.1, 0.15) is 49.7 Å². The molecular formula is C34H42F2N4O4S. The summed E-state index contributed by atoms with van der Waals surface area (Å²) in [6.07, 6.45) is 2.74. The quantitative estimate of drug-likeness (QED) is 0.277. The molecule has 0 aliphatic carbocycles. The summed E-state index contributed by atoms with van der Waals surface area (Å²) >= 11 is 0. The molecule has 1 amide bonds. The molecule has 2 aliphatic heterocycles. The highest BCUT2D eigenvalue weighted by atomic mass is 32.2. The summed E-state index contributed by atoms with van der Waals surface area (Å²) in [5.41, 5.74) is 8.06. The molecule has 0 bridgehead atoms. The molecular weight excluding hydrogens is 598 g/mol. The van der Waals surface area contributed by atoms with Crippen molar-refractivity contribution in [2.45, 2.75) is 68.0 Å². The Kier molecular flexibility index (Phi) is 11.0. The largest absolute Gasteiger partial charge is 0.381 e. The molecule has 0 radical (unpaired) electrons. The van der Waals surface area contributed by atoms with E-state index < -0.39 is 27.8 Å². The lowest BCUT2D eigenvalue weighted by Gasteiger charge is -2.40. The summed E-state index contributed by atoms with van der Waals surface area (Å²) in [6, 6.07) is 17.5. The van der Waals surface area contributed by atoms with Crippen molar-refractivity contribution < 1.29 is 26.7 Å². The number of hydrogen-bond donors (Lipinski definition) is 3. The van der Waals surface area contributed by atoms with Gasteiger partial charge in [-0.1, -0.05) is 36.4 Å². The third-order valence-corrected chi connectivity index (χ3v) is 11.1. The van der Waals surface area contributed by atoms with Gasteiger partial charge in [-0.05, 0) is 86.9 Å². The van der Waals surface area contributed by atoms with Gasteiger partial charge in [-0.3, -0.25) is 4.79 Å². The summed E-state index contributed by atoms with van der Waals surface area (Å²) in [6.45, 7) is 4.03. The van der Waals surface area contributed by atoms with E-state index >= 15 is 4.39 Å². The van der Waals surface area contributed by atoms with Crippen molar-refractivity contribution in [2.75, 3.05) is 31.6 Å². The number of piperazine rings is 1. The molecule has 11 heteroatoms. The Balaban J connectivity index is 1.30. The fourth-order valence-corrected chi connectivity index (χ4v) is 8.60. The molecule has 2 aliphatic rings. The second-order valence-corrected chi connectivity index (χ2v) is 13.9. The third kappa shape index (κ3) is 7.78. The third-order valence-electron chi connectivity index (χ3n) is 8.99. The molecule has 4 atom stereocenters. The monoisotopic (exact) mass is 640 g/mol. The van der Waals surface area contributed by atoms with Gasteiger partial charge in [0, 0.05) is 55.6 Å². The first-order valence-corrected chi connectivity index (χ1v) is 17.1. The number of hydrogen-bond acceptors (Lipinski definition) is 6. The molecule has 0 saturated carbocycles. The number of sulfonamides is 1. The van der Waals surface area contributed by atoms with Gasteiger partial charge in [-0.15, -0.1) is 0 Å². The van der Waals surface area contributed by atoms with Crippen LogP contribution >= 0.6 is 0 Å². The molecule has 4 N–H and O–H groups in total. The van der Waals surface area contributed by atoms with E-state index in [0.717, 1.165) is 18.4 Å². The zero-order chi connectivity index (χ0) is 32.0. The lowest BCUT2D eigenvalue weighted by Crippen LogP contribution is -2.58. The predicted octanol–water partition coefficient (Wildman–Crippen LogP) is 4.81. The summed E-state index contributed by atoms with van der Waals surface area (Å²) in [7, 11) is -3.72. The maximum absolute atomic E-state index is 15.2. The molecule has 2 fully saturated rings. The van der Waals surface area contributed by atoms with Crippen molar-refractivity contribution in [2.24, 2.45) is 11.7 Å². The fourth-order valence-electron chi connectivity index (χ4n) is 6.73. The van der Waals surface area contributed by atoms with Crippen molar-refractivity contribution in [3.63, 3.8) is 0 Å². The molecule has 0 unspecified atom stereocenters. The van der Waals surface area contributed by atoms with Gasteiger partial charge in [0.15, 0.2) is 0 Å². The number of halogens is 2. The van der Waals surface area contributed by atoms with Gasteiger partial charge in [0.05, 0.1) is 10.9 Å². The van der Waals surface area contributed by atoms with Crippen LogP contribution in [-0.2, 0) is 26.0 Å². The van der Waals surface area contributed by atoms with E-state index in [0.29, 0.717) is 56.8 Å². The standard InChI is InChI=1S/C34H42F2N4O4S/c1-23-21-38-22-27(40(23)45(42,43)28-8-3-2-4-9-28)7-5-10-29-30(36)11-6-12-31(29)39-34(41)33(37)32(25-17-19-44-20-18-25)24-13-15-26(35)16-14-24/h2-4,6,8-9,11-16,23,25,27,32-33,38H,5,7,10,17-22,37H2,1H3,(H,39,41)/t23-,27-,32-,33-/m0/s1. The molecule has 8 nitrogen and oxygen atoms in total. The van der Waals surface area contributed by atoms with Crippen molar-refractivity contribution in [3.8, 4) is 0 Å². The van der Waals surface area contributed by atoms with Gasteiger partial charge in [0.2, 0.25) is 15.9 Å². The molecule has 2 heterocycles.